The molecule has 1 aromatic heterocycles. The molecule has 0 saturated heterocycles. The molecule has 5 heteroatoms. The van der Waals surface area contributed by atoms with Gasteiger partial charge in [0.25, 0.3) is 5.01 Å². The van der Waals surface area contributed by atoms with Gasteiger partial charge in [-0.15, -0.1) is 0 Å². The molecule has 0 unspecified atom stereocenters. The van der Waals surface area contributed by atoms with E-state index in [1.807, 2.05) is 19.1 Å². The van der Waals surface area contributed by atoms with Crippen molar-refractivity contribution in [1.82, 2.24) is 0 Å². The molecular formula is C24H29IN2OS. The van der Waals surface area contributed by atoms with E-state index < -0.39 is 0 Å². The Morgan fingerprint density at radius 2 is 1.59 bits per heavy atom. The SMILES string of the molecule is CCOc1ccc(-c2csc(/C=C/c3ccc(N(CC)CC)cc3)[n+]2C)cc1.[I-]. The van der Waals surface area contributed by atoms with Crippen molar-refractivity contribution in [2.75, 3.05) is 24.6 Å². The van der Waals surface area contributed by atoms with Crippen molar-refractivity contribution in [3.63, 3.8) is 0 Å². The summed E-state index contributed by atoms with van der Waals surface area (Å²) < 4.78 is 7.78. The van der Waals surface area contributed by atoms with Crippen LogP contribution in [0.2, 0.25) is 0 Å². The van der Waals surface area contributed by atoms with Crippen molar-refractivity contribution >= 4 is 29.2 Å². The lowest BCUT2D eigenvalue weighted by Crippen LogP contribution is -3.00. The molecule has 3 nitrogen and oxygen atoms in total. The van der Waals surface area contributed by atoms with Crippen LogP contribution in [0.15, 0.2) is 53.9 Å². The predicted octanol–water partition coefficient (Wildman–Crippen LogP) is 2.66. The standard InChI is InChI=1S/C24H29N2OS.HI/c1-5-26(6-2)21-13-8-19(9-14-21)10-17-24-25(4)23(18-28-24)20-11-15-22(16-12-20)27-7-3;/h8-18H,5-7H2,1-4H3;1H/q+1;/p-1. The molecular weight excluding hydrogens is 491 g/mol. The first-order valence-corrected chi connectivity index (χ1v) is 10.8. The van der Waals surface area contributed by atoms with Crippen LogP contribution in [0.3, 0.4) is 0 Å². The lowest BCUT2D eigenvalue weighted by Gasteiger charge is -2.20. The molecule has 0 aliphatic heterocycles. The number of aromatic nitrogens is 1. The number of rotatable bonds is 8. The zero-order valence-electron chi connectivity index (χ0n) is 17.6. The number of halogens is 1. The Morgan fingerprint density at radius 3 is 2.17 bits per heavy atom. The third-order valence-electron chi connectivity index (χ3n) is 4.88. The lowest BCUT2D eigenvalue weighted by molar-refractivity contribution is -0.657. The van der Waals surface area contributed by atoms with E-state index in [-0.39, 0.29) is 24.0 Å². The third-order valence-corrected chi connectivity index (χ3v) is 5.88. The first kappa shape index (κ1) is 23.4. The van der Waals surface area contributed by atoms with E-state index in [1.54, 1.807) is 11.3 Å². The van der Waals surface area contributed by atoms with Crippen molar-refractivity contribution < 1.29 is 33.3 Å². The van der Waals surface area contributed by atoms with Crippen LogP contribution in [0.25, 0.3) is 23.4 Å². The molecule has 1 heterocycles. The van der Waals surface area contributed by atoms with Crippen molar-refractivity contribution in [2.45, 2.75) is 20.8 Å². The number of hydrogen-bond donors (Lipinski definition) is 0. The second kappa shape index (κ2) is 11.4. The maximum Gasteiger partial charge on any atom is 0.261 e. The van der Waals surface area contributed by atoms with Crippen LogP contribution in [0.4, 0.5) is 5.69 Å². The highest BCUT2D eigenvalue weighted by atomic mass is 127. The lowest BCUT2D eigenvalue weighted by atomic mass is 10.1. The first-order valence-electron chi connectivity index (χ1n) is 9.90. The summed E-state index contributed by atoms with van der Waals surface area (Å²) in [6.07, 6.45) is 4.37. The summed E-state index contributed by atoms with van der Waals surface area (Å²) in [5.74, 6) is 0.914. The fraction of sp³-hybridized carbons (Fsp3) is 0.292. The topological polar surface area (TPSA) is 16.4 Å². The largest absolute Gasteiger partial charge is 1.00 e. The number of nitrogens with zero attached hydrogens (tertiary/aromatic N) is 2. The van der Waals surface area contributed by atoms with E-state index in [1.165, 1.54) is 27.5 Å². The van der Waals surface area contributed by atoms with E-state index in [4.69, 9.17) is 4.74 Å². The van der Waals surface area contributed by atoms with Crippen LogP contribution >= 0.6 is 11.3 Å². The molecule has 0 fully saturated rings. The highest BCUT2D eigenvalue weighted by Crippen LogP contribution is 2.24. The van der Waals surface area contributed by atoms with Gasteiger partial charge >= 0.3 is 0 Å². The molecule has 2 aromatic carbocycles. The summed E-state index contributed by atoms with van der Waals surface area (Å²) in [6.45, 7) is 9.14. The van der Waals surface area contributed by atoms with Gasteiger partial charge in [0.05, 0.1) is 12.0 Å². The number of benzene rings is 2. The summed E-state index contributed by atoms with van der Waals surface area (Å²) in [5.41, 5.74) is 4.91. The molecule has 3 aromatic rings. The molecule has 154 valence electrons. The van der Waals surface area contributed by atoms with Crippen LogP contribution < -0.4 is 38.2 Å². The molecule has 29 heavy (non-hydrogen) atoms. The van der Waals surface area contributed by atoms with Gasteiger partial charge in [-0.2, -0.15) is 4.57 Å². The van der Waals surface area contributed by atoms with Gasteiger partial charge in [0, 0.05) is 30.4 Å². The van der Waals surface area contributed by atoms with Gasteiger partial charge in [-0.1, -0.05) is 23.5 Å². The first-order chi connectivity index (χ1) is 13.7. The molecule has 3 rings (SSSR count). The fourth-order valence-corrected chi connectivity index (χ4v) is 4.18. The Bertz CT molecular complexity index is 913. The second-order valence-electron chi connectivity index (χ2n) is 6.57. The summed E-state index contributed by atoms with van der Waals surface area (Å²) in [4.78, 5) is 2.36. The van der Waals surface area contributed by atoms with Crippen LogP contribution in [0, 0.1) is 0 Å². The minimum absolute atomic E-state index is 0. The van der Waals surface area contributed by atoms with Crippen molar-refractivity contribution in [3.05, 3.63) is 64.5 Å². The summed E-state index contributed by atoms with van der Waals surface area (Å²) >= 11 is 1.76. The Kier molecular flexibility index (Phi) is 9.17. The van der Waals surface area contributed by atoms with Gasteiger partial charge in [0.2, 0.25) is 5.69 Å². The van der Waals surface area contributed by atoms with Gasteiger partial charge < -0.3 is 33.6 Å². The summed E-state index contributed by atoms with van der Waals surface area (Å²) in [7, 11) is 2.12. The number of hydrogen-bond acceptors (Lipinski definition) is 3. The Hall–Kier alpha value is -1.86. The Balaban J connectivity index is 0.00000300. The quantitative estimate of drug-likeness (QED) is 0.336. The third kappa shape index (κ3) is 5.82. The van der Waals surface area contributed by atoms with E-state index in [2.05, 4.69) is 84.3 Å². The normalized spacial score (nSPS) is 10.8. The van der Waals surface area contributed by atoms with E-state index >= 15 is 0 Å². The monoisotopic (exact) mass is 520 g/mol. The van der Waals surface area contributed by atoms with Gasteiger partial charge in [-0.25, -0.2) is 0 Å². The highest BCUT2D eigenvalue weighted by molar-refractivity contribution is 7.10. The smallest absolute Gasteiger partial charge is 0.261 e. The number of anilines is 1. The zero-order valence-corrected chi connectivity index (χ0v) is 20.5. The summed E-state index contributed by atoms with van der Waals surface area (Å²) in [6, 6.07) is 17.1. The average Bonchev–Trinajstić information content (AvgIpc) is 3.09. The molecule has 0 atom stereocenters. The molecule has 0 spiro atoms. The van der Waals surface area contributed by atoms with Crippen LogP contribution in [-0.4, -0.2) is 19.7 Å². The number of ether oxygens (including phenoxy) is 1. The maximum atomic E-state index is 5.54. The Morgan fingerprint density at radius 1 is 0.931 bits per heavy atom. The minimum Gasteiger partial charge on any atom is -1.00 e. The number of thiazole rings is 1. The average molecular weight is 520 g/mol. The molecule has 0 amide bonds. The summed E-state index contributed by atoms with van der Waals surface area (Å²) in [5, 5.41) is 3.43. The second-order valence-corrected chi connectivity index (χ2v) is 7.46. The zero-order chi connectivity index (χ0) is 19.9. The van der Waals surface area contributed by atoms with Crippen LogP contribution in [-0.2, 0) is 7.05 Å². The van der Waals surface area contributed by atoms with Crippen molar-refractivity contribution in [3.8, 4) is 17.0 Å². The fourth-order valence-electron chi connectivity index (χ4n) is 3.25. The predicted molar refractivity (Wildman–Crippen MR) is 121 cm³/mol. The molecule has 0 aliphatic carbocycles. The molecule has 0 N–H and O–H groups in total. The van der Waals surface area contributed by atoms with Crippen LogP contribution in [0.5, 0.6) is 5.75 Å². The molecule has 0 aliphatic rings. The van der Waals surface area contributed by atoms with Crippen molar-refractivity contribution in [2.24, 2.45) is 7.05 Å². The molecule has 0 radical (unpaired) electrons. The maximum absolute atomic E-state index is 5.54. The van der Waals surface area contributed by atoms with Gasteiger partial charge in [0.15, 0.2) is 0 Å². The van der Waals surface area contributed by atoms with Crippen molar-refractivity contribution in [1.29, 1.82) is 0 Å². The highest BCUT2D eigenvalue weighted by Gasteiger charge is 2.16. The van der Waals surface area contributed by atoms with Gasteiger partial charge in [-0.05, 0) is 68.8 Å². The van der Waals surface area contributed by atoms with Gasteiger partial charge in [0.1, 0.15) is 12.8 Å². The minimum atomic E-state index is 0. The van der Waals surface area contributed by atoms with E-state index in [0.29, 0.717) is 6.61 Å². The molecule has 0 bridgehead atoms. The van der Waals surface area contributed by atoms with Crippen LogP contribution in [0.1, 0.15) is 31.3 Å². The van der Waals surface area contributed by atoms with E-state index in [0.717, 1.165) is 18.8 Å². The molecule has 0 saturated carbocycles. The van der Waals surface area contributed by atoms with Gasteiger partial charge in [-0.3, -0.25) is 0 Å². The Labute approximate surface area is 195 Å². The van der Waals surface area contributed by atoms with E-state index in [9.17, 15) is 0 Å².